The molecule has 1 aromatic carbocycles. The van der Waals surface area contributed by atoms with E-state index in [0.717, 1.165) is 12.0 Å². The molecule has 1 heterocycles. The summed E-state index contributed by atoms with van der Waals surface area (Å²) in [5, 5.41) is 3.53. The van der Waals surface area contributed by atoms with Crippen molar-refractivity contribution in [2.45, 2.75) is 26.2 Å². The number of benzene rings is 1. The third kappa shape index (κ3) is 6.04. The zero-order chi connectivity index (χ0) is 16.5. The molecule has 1 amide bonds. The fourth-order valence-corrected chi connectivity index (χ4v) is 2.15. The van der Waals surface area contributed by atoms with Crippen LogP contribution in [0.4, 0.5) is 0 Å². The van der Waals surface area contributed by atoms with Gasteiger partial charge in [0.1, 0.15) is 0 Å². The largest absolute Gasteiger partial charge is 0.441 e. The Morgan fingerprint density at radius 1 is 1.35 bits per heavy atom. The summed E-state index contributed by atoms with van der Waals surface area (Å²) in [4.78, 5) is 15.9. The number of carbonyl (C=O) groups is 1. The van der Waals surface area contributed by atoms with Crippen LogP contribution in [-0.4, -0.2) is 30.6 Å². The van der Waals surface area contributed by atoms with Gasteiger partial charge in [-0.2, -0.15) is 0 Å². The molecule has 5 nitrogen and oxygen atoms in total. The summed E-state index contributed by atoms with van der Waals surface area (Å²) < 4.78 is 10.9. The number of carbonyl (C=O) groups excluding carboxylic acids is 1. The van der Waals surface area contributed by atoms with Crippen LogP contribution in [0.25, 0.3) is 11.3 Å². The SMILES string of the molecule is CCOCCCNC(=O)CCc1ncc(-c2ccc(Cl)cc2)o1. The molecule has 124 valence electrons. The van der Waals surface area contributed by atoms with Gasteiger partial charge in [0.05, 0.1) is 6.20 Å². The van der Waals surface area contributed by atoms with E-state index in [-0.39, 0.29) is 5.91 Å². The van der Waals surface area contributed by atoms with Crippen molar-refractivity contribution in [2.75, 3.05) is 19.8 Å². The highest BCUT2D eigenvalue weighted by atomic mass is 35.5. The Balaban J connectivity index is 1.74. The normalized spacial score (nSPS) is 10.7. The van der Waals surface area contributed by atoms with Crippen LogP contribution in [0.1, 0.15) is 25.7 Å². The van der Waals surface area contributed by atoms with Crippen LogP contribution in [0.15, 0.2) is 34.9 Å². The highest BCUT2D eigenvalue weighted by Gasteiger charge is 2.08. The van der Waals surface area contributed by atoms with Gasteiger partial charge in [-0.1, -0.05) is 11.6 Å². The molecule has 1 aromatic heterocycles. The second-order valence-electron chi connectivity index (χ2n) is 5.03. The molecule has 0 aliphatic rings. The molecule has 2 rings (SSSR count). The first-order valence-electron chi connectivity index (χ1n) is 7.74. The number of hydrogen-bond donors (Lipinski definition) is 1. The summed E-state index contributed by atoms with van der Waals surface area (Å²) in [6.45, 7) is 3.95. The summed E-state index contributed by atoms with van der Waals surface area (Å²) in [6, 6.07) is 7.35. The number of nitrogens with zero attached hydrogens (tertiary/aromatic N) is 1. The first kappa shape index (κ1) is 17.5. The molecule has 0 spiro atoms. The second kappa shape index (κ2) is 9.33. The molecule has 0 atom stereocenters. The van der Waals surface area contributed by atoms with Gasteiger partial charge in [0.2, 0.25) is 5.91 Å². The molecule has 0 radical (unpaired) electrons. The lowest BCUT2D eigenvalue weighted by Gasteiger charge is -2.04. The number of rotatable bonds is 9. The fourth-order valence-electron chi connectivity index (χ4n) is 2.03. The zero-order valence-electron chi connectivity index (χ0n) is 13.2. The number of hydrogen-bond acceptors (Lipinski definition) is 4. The number of aryl methyl sites for hydroxylation is 1. The Morgan fingerprint density at radius 3 is 2.87 bits per heavy atom. The molecule has 0 aliphatic heterocycles. The molecule has 0 bridgehead atoms. The Kier molecular flexibility index (Phi) is 7.10. The predicted octanol–water partition coefficient (Wildman–Crippen LogP) is 3.47. The summed E-state index contributed by atoms with van der Waals surface area (Å²) in [5.74, 6) is 1.22. The maximum absolute atomic E-state index is 11.7. The van der Waals surface area contributed by atoms with Crippen molar-refractivity contribution in [1.29, 1.82) is 0 Å². The summed E-state index contributed by atoms with van der Waals surface area (Å²) in [6.07, 6.45) is 3.32. The Labute approximate surface area is 141 Å². The molecule has 0 saturated heterocycles. The van der Waals surface area contributed by atoms with E-state index < -0.39 is 0 Å². The molecular weight excluding hydrogens is 316 g/mol. The smallest absolute Gasteiger partial charge is 0.220 e. The molecule has 2 aromatic rings. The van der Waals surface area contributed by atoms with E-state index in [1.165, 1.54) is 0 Å². The van der Waals surface area contributed by atoms with Gasteiger partial charge in [-0.15, -0.1) is 0 Å². The van der Waals surface area contributed by atoms with Crippen LogP contribution in [0.2, 0.25) is 5.02 Å². The minimum atomic E-state index is -0.00672. The topological polar surface area (TPSA) is 64.4 Å². The highest BCUT2D eigenvalue weighted by Crippen LogP contribution is 2.22. The lowest BCUT2D eigenvalue weighted by atomic mass is 10.2. The highest BCUT2D eigenvalue weighted by molar-refractivity contribution is 6.30. The van der Waals surface area contributed by atoms with Crippen LogP contribution in [-0.2, 0) is 16.0 Å². The molecule has 0 saturated carbocycles. The van der Waals surface area contributed by atoms with Crippen LogP contribution in [0, 0.1) is 0 Å². The van der Waals surface area contributed by atoms with Crippen molar-refractivity contribution in [3.05, 3.63) is 41.4 Å². The fraction of sp³-hybridized carbons (Fsp3) is 0.412. The first-order valence-corrected chi connectivity index (χ1v) is 8.12. The van der Waals surface area contributed by atoms with Gasteiger partial charge in [0, 0.05) is 43.2 Å². The van der Waals surface area contributed by atoms with Crippen molar-refractivity contribution >= 4 is 17.5 Å². The number of aromatic nitrogens is 1. The quantitative estimate of drug-likeness (QED) is 0.712. The summed E-state index contributed by atoms with van der Waals surface area (Å²) >= 11 is 5.86. The predicted molar refractivity (Wildman–Crippen MR) is 89.4 cm³/mol. The van der Waals surface area contributed by atoms with Gasteiger partial charge in [0.15, 0.2) is 11.7 Å². The maximum atomic E-state index is 11.7. The summed E-state index contributed by atoms with van der Waals surface area (Å²) in [5.41, 5.74) is 0.911. The maximum Gasteiger partial charge on any atom is 0.220 e. The van der Waals surface area contributed by atoms with E-state index in [1.807, 2.05) is 19.1 Å². The van der Waals surface area contributed by atoms with E-state index in [2.05, 4.69) is 10.3 Å². The number of ether oxygens (including phenoxy) is 1. The number of halogens is 1. The van der Waals surface area contributed by atoms with Crippen LogP contribution < -0.4 is 5.32 Å². The molecule has 0 aliphatic carbocycles. The van der Waals surface area contributed by atoms with Gasteiger partial charge in [-0.3, -0.25) is 4.79 Å². The van der Waals surface area contributed by atoms with Crippen molar-refractivity contribution < 1.29 is 13.9 Å². The van der Waals surface area contributed by atoms with Crippen molar-refractivity contribution in [3.63, 3.8) is 0 Å². The average Bonchev–Trinajstić information content (AvgIpc) is 3.02. The Bertz CT molecular complexity index is 611. The molecule has 0 unspecified atom stereocenters. The Morgan fingerprint density at radius 2 is 2.13 bits per heavy atom. The monoisotopic (exact) mass is 336 g/mol. The number of amides is 1. The second-order valence-corrected chi connectivity index (χ2v) is 5.46. The van der Waals surface area contributed by atoms with Gasteiger partial charge >= 0.3 is 0 Å². The van der Waals surface area contributed by atoms with Crippen LogP contribution in [0.3, 0.4) is 0 Å². The van der Waals surface area contributed by atoms with Crippen molar-refractivity contribution in [3.8, 4) is 11.3 Å². The number of nitrogens with one attached hydrogen (secondary N) is 1. The molecule has 1 N–H and O–H groups in total. The lowest BCUT2D eigenvalue weighted by Crippen LogP contribution is -2.25. The van der Waals surface area contributed by atoms with Crippen LogP contribution in [0.5, 0.6) is 0 Å². The van der Waals surface area contributed by atoms with Gasteiger partial charge < -0.3 is 14.5 Å². The minimum absolute atomic E-state index is 0.00672. The Hall–Kier alpha value is -1.85. The van der Waals surface area contributed by atoms with E-state index in [1.54, 1.807) is 18.3 Å². The van der Waals surface area contributed by atoms with Gasteiger partial charge in [0.25, 0.3) is 0 Å². The zero-order valence-corrected chi connectivity index (χ0v) is 13.9. The average molecular weight is 337 g/mol. The third-order valence-corrected chi connectivity index (χ3v) is 3.49. The molecular formula is C17H21ClN2O3. The lowest BCUT2D eigenvalue weighted by molar-refractivity contribution is -0.121. The molecule has 0 fully saturated rings. The first-order chi connectivity index (χ1) is 11.2. The van der Waals surface area contributed by atoms with Gasteiger partial charge in [-0.25, -0.2) is 4.98 Å². The van der Waals surface area contributed by atoms with Crippen molar-refractivity contribution in [2.24, 2.45) is 0 Å². The van der Waals surface area contributed by atoms with E-state index in [9.17, 15) is 4.79 Å². The van der Waals surface area contributed by atoms with Crippen molar-refractivity contribution in [1.82, 2.24) is 10.3 Å². The minimum Gasteiger partial charge on any atom is -0.441 e. The van der Waals surface area contributed by atoms with E-state index in [4.69, 9.17) is 20.8 Å². The summed E-state index contributed by atoms with van der Waals surface area (Å²) in [7, 11) is 0. The third-order valence-electron chi connectivity index (χ3n) is 3.24. The molecule has 6 heteroatoms. The standard InChI is InChI=1S/C17H21ClN2O3/c1-2-22-11-3-10-19-16(21)8-9-17-20-12-15(23-17)13-4-6-14(18)7-5-13/h4-7,12H,2-3,8-11H2,1H3,(H,19,21). The van der Waals surface area contributed by atoms with Crippen LogP contribution >= 0.6 is 11.6 Å². The van der Waals surface area contributed by atoms with Gasteiger partial charge in [-0.05, 0) is 37.6 Å². The van der Waals surface area contributed by atoms with E-state index >= 15 is 0 Å². The van der Waals surface area contributed by atoms with E-state index in [0.29, 0.717) is 49.3 Å². The molecule has 23 heavy (non-hydrogen) atoms. The number of oxazole rings is 1.